The van der Waals surface area contributed by atoms with Crippen molar-refractivity contribution in [1.29, 1.82) is 0 Å². The van der Waals surface area contributed by atoms with E-state index in [1.54, 1.807) is 4.31 Å². The third-order valence-electron chi connectivity index (χ3n) is 4.41. The van der Waals surface area contributed by atoms with Gasteiger partial charge in [0.05, 0.1) is 18.5 Å². The number of aliphatic imine (C=N–C) groups is 1. The van der Waals surface area contributed by atoms with Crippen molar-refractivity contribution in [1.82, 2.24) is 14.5 Å². The van der Waals surface area contributed by atoms with Crippen LogP contribution in [0.2, 0.25) is 0 Å². The lowest BCUT2D eigenvalue weighted by Gasteiger charge is -2.36. The zero-order chi connectivity index (χ0) is 20.8. The zero-order valence-corrected chi connectivity index (χ0v) is 21.7. The predicted molar refractivity (Wildman–Crippen MR) is 130 cm³/mol. The van der Waals surface area contributed by atoms with Crippen LogP contribution in [0, 0.1) is 0 Å². The summed E-state index contributed by atoms with van der Waals surface area (Å²) in [5, 5.41) is 3.31. The van der Waals surface area contributed by atoms with Crippen molar-refractivity contribution in [3.05, 3.63) is 0 Å². The average Bonchev–Trinajstić information content (AvgIpc) is 2.66. The van der Waals surface area contributed by atoms with Crippen molar-refractivity contribution in [2.24, 2.45) is 4.99 Å². The fourth-order valence-electron chi connectivity index (χ4n) is 2.82. The lowest BCUT2D eigenvalue weighted by Crippen LogP contribution is -2.54. The van der Waals surface area contributed by atoms with Crippen LogP contribution in [0.4, 0.5) is 0 Å². The second kappa shape index (κ2) is 16.5. The normalized spacial score (nSPS) is 16.2. The molecule has 174 valence electrons. The Kier molecular flexibility index (Phi) is 16.4. The number of nitrogens with zero attached hydrogens (tertiary/aromatic N) is 3. The molecule has 0 aromatic rings. The average molecular weight is 549 g/mol. The van der Waals surface area contributed by atoms with E-state index in [-0.39, 0.29) is 42.4 Å². The van der Waals surface area contributed by atoms with Crippen LogP contribution >= 0.6 is 24.0 Å². The lowest BCUT2D eigenvalue weighted by molar-refractivity contribution is 0.0904. The Morgan fingerprint density at radius 2 is 1.72 bits per heavy atom. The Balaban J connectivity index is 0.00000784. The van der Waals surface area contributed by atoms with Gasteiger partial charge in [0.15, 0.2) is 5.96 Å². The maximum absolute atomic E-state index is 12.5. The van der Waals surface area contributed by atoms with E-state index < -0.39 is 10.0 Å². The molecule has 0 aliphatic carbocycles. The van der Waals surface area contributed by atoms with E-state index in [0.717, 1.165) is 45.0 Å². The van der Waals surface area contributed by atoms with Crippen molar-refractivity contribution in [2.75, 3.05) is 64.8 Å². The number of halogens is 1. The van der Waals surface area contributed by atoms with Gasteiger partial charge in [-0.1, -0.05) is 13.3 Å². The van der Waals surface area contributed by atoms with E-state index in [1.807, 2.05) is 20.8 Å². The molecule has 0 aromatic carbocycles. The number of rotatable bonds is 13. The Morgan fingerprint density at radius 3 is 2.31 bits per heavy atom. The molecule has 1 N–H and O–H groups in total. The van der Waals surface area contributed by atoms with E-state index in [9.17, 15) is 8.42 Å². The molecule has 29 heavy (non-hydrogen) atoms. The number of unbranched alkanes of at least 4 members (excludes halogenated alkanes) is 1. The highest BCUT2D eigenvalue weighted by Gasteiger charge is 2.27. The highest BCUT2D eigenvalue weighted by Crippen LogP contribution is 2.09. The van der Waals surface area contributed by atoms with E-state index in [1.165, 1.54) is 0 Å². The minimum Gasteiger partial charge on any atom is -0.381 e. The van der Waals surface area contributed by atoms with Crippen molar-refractivity contribution in [3.8, 4) is 0 Å². The molecule has 0 aromatic heterocycles. The summed E-state index contributed by atoms with van der Waals surface area (Å²) in [5.74, 6) is 0.897. The third kappa shape index (κ3) is 12.3. The molecule has 0 amide bonds. The van der Waals surface area contributed by atoms with Crippen molar-refractivity contribution >= 4 is 40.0 Å². The molecule has 0 radical (unpaired) electrons. The first kappa shape index (κ1) is 28.8. The summed E-state index contributed by atoms with van der Waals surface area (Å²) < 4.78 is 37.4. The molecular weight excluding hydrogens is 507 g/mol. The Hall–Kier alpha value is -0.170. The van der Waals surface area contributed by atoms with Gasteiger partial charge in [0, 0.05) is 52.5 Å². The number of piperazine rings is 1. The molecule has 10 heteroatoms. The monoisotopic (exact) mass is 548 g/mol. The molecular formula is C19H41IN4O4S. The minimum absolute atomic E-state index is 0. The summed E-state index contributed by atoms with van der Waals surface area (Å²) in [6, 6.07) is 0. The van der Waals surface area contributed by atoms with Gasteiger partial charge >= 0.3 is 0 Å². The maximum Gasteiger partial charge on any atom is 0.216 e. The van der Waals surface area contributed by atoms with Crippen LogP contribution in [0.25, 0.3) is 0 Å². The van der Waals surface area contributed by atoms with E-state index in [4.69, 9.17) is 9.47 Å². The minimum atomic E-state index is -3.27. The summed E-state index contributed by atoms with van der Waals surface area (Å²) in [4.78, 5) is 6.81. The maximum atomic E-state index is 12.5. The molecule has 1 saturated heterocycles. The quantitative estimate of drug-likeness (QED) is 0.164. The zero-order valence-electron chi connectivity index (χ0n) is 18.6. The fraction of sp³-hybridized carbons (Fsp3) is 0.947. The molecule has 1 fully saturated rings. The summed E-state index contributed by atoms with van der Waals surface area (Å²) in [6.07, 6.45) is 3.18. The Morgan fingerprint density at radius 1 is 1.07 bits per heavy atom. The van der Waals surface area contributed by atoms with Gasteiger partial charge in [-0.25, -0.2) is 8.42 Å². The fourth-order valence-corrected chi connectivity index (χ4v) is 4.11. The first-order chi connectivity index (χ1) is 13.4. The second-order valence-electron chi connectivity index (χ2n) is 7.18. The summed E-state index contributed by atoms with van der Waals surface area (Å²) in [5.41, 5.74) is 0. The van der Waals surface area contributed by atoms with Gasteiger partial charge in [-0.3, -0.25) is 4.99 Å². The first-order valence-electron chi connectivity index (χ1n) is 10.6. The molecule has 1 heterocycles. The van der Waals surface area contributed by atoms with Crippen LogP contribution in [-0.2, 0) is 19.5 Å². The molecule has 0 bridgehead atoms. The van der Waals surface area contributed by atoms with Gasteiger partial charge in [0.2, 0.25) is 10.0 Å². The molecule has 1 aliphatic rings. The summed E-state index contributed by atoms with van der Waals surface area (Å²) in [7, 11) is -3.27. The van der Waals surface area contributed by atoms with Gasteiger partial charge in [-0.05, 0) is 33.6 Å². The van der Waals surface area contributed by atoms with Gasteiger partial charge in [0.25, 0.3) is 0 Å². The molecule has 1 rings (SSSR count). The van der Waals surface area contributed by atoms with Crippen LogP contribution in [-0.4, -0.2) is 94.5 Å². The summed E-state index contributed by atoms with van der Waals surface area (Å²) >= 11 is 0. The van der Waals surface area contributed by atoms with Crippen molar-refractivity contribution in [2.45, 2.75) is 53.1 Å². The smallest absolute Gasteiger partial charge is 0.216 e. The number of hydrogen-bond acceptors (Lipinski definition) is 5. The van der Waals surface area contributed by atoms with Crippen molar-refractivity contribution in [3.63, 3.8) is 0 Å². The Bertz CT molecular complexity index is 538. The van der Waals surface area contributed by atoms with Crippen LogP contribution < -0.4 is 5.32 Å². The van der Waals surface area contributed by atoms with Gasteiger partial charge < -0.3 is 19.7 Å². The second-order valence-corrected chi connectivity index (χ2v) is 9.27. The van der Waals surface area contributed by atoms with Gasteiger partial charge in [-0.2, -0.15) is 4.31 Å². The number of hydrogen-bond donors (Lipinski definition) is 1. The van der Waals surface area contributed by atoms with E-state index >= 15 is 0 Å². The molecule has 1 aliphatic heterocycles. The van der Waals surface area contributed by atoms with Gasteiger partial charge in [-0.15, -0.1) is 24.0 Å². The highest BCUT2D eigenvalue weighted by molar-refractivity contribution is 14.0. The van der Waals surface area contributed by atoms with Crippen LogP contribution in [0.5, 0.6) is 0 Å². The Labute approximate surface area is 194 Å². The van der Waals surface area contributed by atoms with Gasteiger partial charge in [0.1, 0.15) is 0 Å². The summed E-state index contributed by atoms with van der Waals surface area (Å²) in [6.45, 7) is 13.5. The first-order valence-corrected chi connectivity index (χ1v) is 12.2. The lowest BCUT2D eigenvalue weighted by atomic mass is 10.3. The molecule has 0 unspecified atom stereocenters. The van der Waals surface area contributed by atoms with E-state index in [0.29, 0.717) is 32.7 Å². The number of guanidine groups is 1. The van der Waals surface area contributed by atoms with Crippen LogP contribution in [0.15, 0.2) is 4.99 Å². The highest BCUT2D eigenvalue weighted by atomic mass is 127. The number of sulfonamides is 1. The molecule has 0 atom stereocenters. The molecule has 8 nitrogen and oxygen atoms in total. The third-order valence-corrected chi connectivity index (χ3v) is 6.24. The number of ether oxygens (including phenoxy) is 2. The van der Waals surface area contributed by atoms with Crippen LogP contribution in [0.3, 0.4) is 0 Å². The van der Waals surface area contributed by atoms with E-state index in [2.05, 4.69) is 22.1 Å². The van der Waals surface area contributed by atoms with Crippen LogP contribution in [0.1, 0.15) is 47.0 Å². The number of nitrogens with one attached hydrogen (secondary N) is 1. The molecule has 0 spiro atoms. The van der Waals surface area contributed by atoms with Crippen molar-refractivity contribution < 1.29 is 17.9 Å². The largest absolute Gasteiger partial charge is 0.381 e. The standard InChI is InChI=1S/C19H40N4O4S.HI/c1-5-7-14-26-15-8-9-21-19(20-6-2)22-10-12-23(13-11-22)28(24,25)17-16-27-18(3)4;/h18H,5-17H2,1-4H3,(H,20,21);1H. The molecule has 0 saturated carbocycles. The predicted octanol–water partition coefficient (Wildman–Crippen LogP) is 2.15. The topological polar surface area (TPSA) is 83.5 Å². The SMILES string of the molecule is CCCCOCCCN=C(NCC)N1CCN(S(=O)(=O)CCOC(C)C)CC1.I.